The summed E-state index contributed by atoms with van der Waals surface area (Å²) in [5, 5.41) is 3.37. The van der Waals surface area contributed by atoms with Crippen molar-refractivity contribution < 1.29 is 18.0 Å². The minimum absolute atomic E-state index is 0.220. The zero-order valence-electron chi connectivity index (χ0n) is 16.0. The van der Waals surface area contributed by atoms with Crippen LogP contribution in [0.15, 0.2) is 42.5 Å². The van der Waals surface area contributed by atoms with Gasteiger partial charge in [-0.15, -0.1) is 0 Å². The first-order chi connectivity index (χ1) is 14.2. The van der Waals surface area contributed by atoms with Crippen LogP contribution in [-0.2, 0) is 20.6 Å². The molecule has 7 nitrogen and oxygen atoms in total. The summed E-state index contributed by atoms with van der Waals surface area (Å²) in [5.74, 6) is -1.42. The number of benzene rings is 2. The first kappa shape index (κ1) is 22.6. The number of hydrogen-bond acceptors (Lipinski definition) is 4. The number of amides is 2. The number of rotatable bonds is 6. The van der Waals surface area contributed by atoms with Crippen molar-refractivity contribution >= 4 is 50.7 Å². The molecular formula is C20H21Cl2N3O4S. The number of hydrogen-bond donors (Lipinski definition) is 2. The Kier molecular flexibility index (Phi) is 7.02. The van der Waals surface area contributed by atoms with Gasteiger partial charge in [-0.3, -0.25) is 9.59 Å². The minimum Gasteiger partial charge on any atom is -0.366 e. The maximum Gasteiger partial charge on any atom is 0.248 e. The van der Waals surface area contributed by atoms with Gasteiger partial charge in [0.05, 0.1) is 5.75 Å². The van der Waals surface area contributed by atoms with Crippen LogP contribution in [0.4, 0.5) is 5.69 Å². The molecule has 1 aliphatic heterocycles. The first-order valence-electron chi connectivity index (χ1n) is 9.29. The molecule has 10 heteroatoms. The van der Waals surface area contributed by atoms with Gasteiger partial charge in [0.1, 0.15) is 0 Å². The van der Waals surface area contributed by atoms with Gasteiger partial charge in [-0.1, -0.05) is 35.3 Å². The molecule has 0 unspecified atom stereocenters. The highest BCUT2D eigenvalue weighted by atomic mass is 35.5. The van der Waals surface area contributed by atoms with Crippen molar-refractivity contribution in [3.8, 4) is 0 Å². The lowest BCUT2D eigenvalue weighted by Crippen LogP contribution is -2.42. The summed E-state index contributed by atoms with van der Waals surface area (Å²) in [6.45, 7) is 0.452. The summed E-state index contributed by atoms with van der Waals surface area (Å²) in [7, 11) is -3.62. The number of nitrogens with two attached hydrogens (primary N) is 1. The van der Waals surface area contributed by atoms with Gasteiger partial charge in [0.2, 0.25) is 21.8 Å². The van der Waals surface area contributed by atoms with E-state index in [4.69, 9.17) is 28.9 Å². The van der Waals surface area contributed by atoms with Crippen molar-refractivity contribution in [2.45, 2.75) is 18.6 Å². The van der Waals surface area contributed by atoms with Crippen molar-refractivity contribution in [3.63, 3.8) is 0 Å². The zero-order chi connectivity index (χ0) is 21.9. The van der Waals surface area contributed by atoms with E-state index in [-0.39, 0.29) is 30.7 Å². The van der Waals surface area contributed by atoms with Crippen LogP contribution in [0.2, 0.25) is 10.0 Å². The molecule has 0 saturated carbocycles. The molecule has 0 radical (unpaired) electrons. The van der Waals surface area contributed by atoms with E-state index in [0.717, 1.165) is 0 Å². The molecule has 1 aliphatic rings. The molecule has 0 bridgehead atoms. The van der Waals surface area contributed by atoms with Gasteiger partial charge < -0.3 is 11.1 Å². The molecule has 3 N–H and O–H groups in total. The van der Waals surface area contributed by atoms with Crippen LogP contribution in [-0.4, -0.2) is 37.6 Å². The van der Waals surface area contributed by atoms with Crippen LogP contribution in [0, 0.1) is 5.92 Å². The molecule has 3 rings (SSSR count). The average molecular weight is 470 g/mol. The molecule has 0 atom stereocenters. The number of halogens is 2. The van der Waals surface area contributed by atoms with Gasteiger partial charge in [0.15, 0.2) is 0 Å². The lowest BCUT2D eigenvalue weighted by atomic mass is 9.97. The Morgan fingerprint density at radius 1 is 1.07 bits per heavy atom. The van der Waals surface area contributed by atoms with Crippen LogP contribution in [0.1, 0.15) is 28.8 Å². The lowest BCUT2D eigenvalue weighted by molar-refractivity contribution is -0.120. The lowest BCUT2D eigenvalue weighted by Gasteiger charge is -2.30. The molecule has 2 aromatic carbocycles. The number of piperidine rings is 1. The van der Waals surface area contributed by atoms with E-state index in [1.54, 1.807) is 36.4 Å². The fraction of sp³-hybridized carbons (Fsp3) is 0.300. The van der Waals surface area contributed by atoms with Crippen LogP contribution >= 0.6 is 23.2 Å². The molecule has 0 spiro atoms. The van der Waals surface area contributed by atoms with Crippen LogP contribution in [0.3, 0.4) is 0 Å². The second-order valence-corrected chi connectivity index (χ2v) is 9.85. The Labute approximate surface area is 185 Å². The molecule has 0 aliphatic carbocycles. The van der Waals surface area contributed by atoms with Gasteiger partial charge in [-0.05, 0) is 43.2 Å². The van der Waals surface area contributed by atoms with E-state index in [0.29, 0.717) is 39.7 Å². The summed E-state index contributed by atoms with van der Waals surface area (Å²) >= 11 is 12.2. The molecule has 2 aromatic rings. The van der Waals surface area contributed by atoms with Crippen molar-refractivity contribution in [1.82, 2.24) is 4.31 Å². The smallest absolute Gasteiger partial charge is 0.248 e. The topological polar surface area (TPSA) is 110 Å². The Morgan fingerprint density at radius 2 is 1.67 bits per heavy atom. The summed E-state index contributed by atoms with van der Waals surface area (Å²) < 4.78 is 27.0. The third-order valence-electron chi connectivity index (χ3n) is 5.02. The molecule has 2 amide bonds. The van der Waals surface area contributed by atoms with Gasteiger partial charge in [0, 0.05) is 45.9 Å². The molecule has 1 heterocycles. The molecule has 0 aromatic heterocycles. The van der Waals surface area contributed by atoms with E-state index >= 15 is 0 Å². The van der Waals surface area contributed by atoms with Gasteiger partial charge >= 0.3 is 0 Å². The van der Waals surface area contributed by atoms with Crippen molar-refractivity contribution in [2.75, 3.05) is 18.4 Å². The third-order valence-corrected chi connectivity index (χ3v) is 7.53. The zero-order valence-corrected chi connectivity index (χ0v) is 18.3. The van der Waals surface area contributed by atoms with Gasteiger partial charge in [0.25, 0.3) is 0 Å². The van der Waals surface area contributed by atoms with Crippen molar-refractivity contribution in [1.29, 1.82) is 0 Å². The summed E-state index contributed by atoms with van der Waals surface area (Å²) in [6.07, 6.45) is 0.771. The number of sulfonamides is 1. The van der Waals surface area contributed by atoms with E-state index < -0.39 is 15.9 Å². The number of nitrogens with one attached hydrogen (secondary N) is 1. The predicted octanol–water partition coefficient (Wildman–Crippen LogP) is 3.27. The summed E-state index contributed by atoms with van der Waals surface area (Å²) in [5.41, 5.74) is 6.40. The molecular weight excluding hydrogens is 449 g/mol. The Bertz CT molecular complexity index is 1050. The van der Waals surface area contributed by atoms with Gasteiger partial charge in [-0.2, -0.15) is 0 Å². The summed E-state index contributed by atoms with van der Waals surface area (Å²) in [4.78, 5) is 23.8. The normalized spacial score (nSPS) is 15.7. The number of nitrogens with zero attached hydrogens (tertiary/aromatic N) is 1. The SMILES string of the molecule is NC(=O)c1cccc(NC(=O)C2CCN(S(=O)(=O)Cc3c(Cl)cccc3Cl)CC2)c1. The molecule has 1 fully saturated rings. The number of carbonyl (C=O) groups excluding carboxylic acids is 2. The van der Waals surface area contributed by atoms with Crippen LogP contribution in [0.5, 0.6) is 0 Å². The average Bonchev–Trinajstić information content (AvgIpc) is 2.71. The number of anilines is 1. The highest BCUT2D eigenvalue weighted by Crippen LogP contribution is 2.29. The number of primary amides is 1. The maximum atomic E-state index is 12.8. The quantitative estimate of drug-likeness (QED) is 0.675. The predicted molar refractivity (Wildman–Crippen MR) is 117 cm³/mol. The second kappa shape index (κ2) is 9.34. The standard InChI is InChI=1S/C20H21Cl2N3O4S/c21-17-5-2-6-18(22)16(17)12-30(28,29)25-9-7-13(8-10-25)20(27)24-15-4-1-3-14(11-15)19(23)26/h1-6,11,13H,7-10,12H2,(H2,23,26)(H,24,27). The van der Waals surface area contributed by atoms with Crippen molar-refractivity contribution in [3.05, 3.63) is 63.6 Å². The Hall–Kier alpha value is -2.13. The fourth-order valence-corrected chi connectivity index (χ4v) is 5.65. The van der Waals surface area contributed by atoms with E-state index in [1.165, 1.54) is 10.4 Å². The third kappa shape index (κ3) is 5.31. The fourth-order valence-electron chi connectivity index (χ4n) is 3.33. The summed E-state index contributed by atoms with van der Waals surface area (Å²) in [6, 6.07) is 11.2. The molecule has 160 valence electrons. The monoisotopic (exact) mass is 469 g/mol. The highest BCUT2D eigenvalue weighted by Gasteiger charge is 2.32. The maximum absolute atomic E-state index is 12.8. The Morgan fingerprint density at radius 3 is 2.27 bits per heavy atom. The van der Waals surface area contributed by atoms with E-state index in [9.17, 15) is 18.0 Å². The second-order valence-electron chi connectivity index (χ2n) is 7.06. The highest BCUT2D eigenvalue weighted by molar-refractivity contribution is 7.88. The number of carbonyl (C=O) groups is 2. The van der Waals surface area contributed by atoms with Crippen LogP contribution in [0.25, 0.3) is 0 Å². The van der Waals surface area contributed by atoms with Gasteiger partial charge in [-0.25, -0.2) is 12.7 Å². The van der Waals surface area contributed by atoms with E-state index in [1.807, 2.05) is 0 Å². The molecule has 1 saturated heterocycles. The first-order valence-corrected chi connectivity index (χ1v) is 11.7. The Balaban J connectivity index is 1.60. The van der Waals surface area contributed by atoms with Crippen LogP contribution < -0.4 is 11.1 Å². The molecule has 30 heavy (non-hydrogen) atoms. The largest absolute Gasteiger partial charge is 0.366 e. The van der Waals surface area contributed by atoms with Crippen molar-refractivity contribution in [2.24, 2.45) is 11.7 Å². The minimum atomic E-state index is -3.62. The van der Waals surface area contributed by atoms with E-state index in [2.05, 4.69) is 5.32 Å².